The van der Waals surface area contributed by atoms with E-state index in [1.54, 1.807) is 18.2 Å². The first-order valence-electron chi connectivity index (χ1n) is 11.5. The maximum atomic E-state index is 15.1. The fourth-order valence-corrected chi connectivity index (χ4v) is 5.23. The molecule has 1 atom stereocenters. The minimum atomic E-state index is -4.00. The number of amides is 3. The lowest BCUT2D eigenvalue weighted by atomic mass is 9.87. The number of fused-ring (bicyclic) bond motifs is 1. The number of hydrogen-bond donors (Lipinski definition) is 3. The first-order chi connectivity index (χ1) is 17.1. The maximum Gasteiger partial charge on any atom is 0.294 e. The molecular formula is C24H25F2N3O6S. The first-order valence-corrected chi connectivity index (χ1v) is 12.9. The quantitative estimate of drug-likeness (QED) is 0.416. The van der Waals surface area contributed by atoms with Crippen LogP contribution in [-0.2, 0) is 26.3 Å². The molecule has 0 aromatic heterocycles. The summed E-state index contributed by atoms with van der Waals surface area (Å²) >= 11 is 0. The molecular weight excluding hydrogens is 496 g/mol. The van der Waals surface area contributed by atoms with E-state index in [0.717, 1.165) is 6.07 Å². The summed E-state index contributed by atoms with van der Waals surface area (Å²) in [5.41, 5.74) is 0.167. The average Bonchev–Trinajstić information content (AvgIpc) is 3.16. The van der Waals surface area contributed by atoms with Crippen molar-refractivity contribution < 1.29 is 36.1 Å². The Hall–Kier alpha value is -3.22. The maximum absolute atomic E-state index is 15.1. The SMILES string of the molecule is O=C1CCC(N2Cc3c(cc(F)c(C4CCNCC4)c3F)C2=O)C(=O)N1.O=S(=O)(O)c1ccccc1. The lowest BCUT2D eigenvalue weighted by Crippen LogP contribution is -2.52. The highest BCUT2D eigenvalue weighted by Crippen LogP contribution is 2.37. The normalized spacial score (nSPS) is 20.5. The molecule has 3 heterocycles. The number of halogens is 2. The van der Waals surface area contributed by atoms with Crippen LogP contribution in [-0.4, -0.2) is 54.7 Å². The fourth-order valence-electron chi connectivity index (χ4n) is 4.73. The molecule has 0 bridgehead atoms. The van der Waals surface area contributed by atoms with E-state index < -0.39 is 39.6 Å². The van der Waals surface area contributed by atoms with Gasteiger partial charge in [-0.15, -0.1) is 0 Å². The number of carbonyl (C=O) groups is 3. The van der Waals surface area contributed by atoms with Crippen LogP contribution < -0.4 is 10.6 Å². The topological polar surface area (TPSA) is 133 Å². The van der Waals surface area contributed by atoms with E-state index in [4.69, 9.17) is 4.55 Å². The van der Waals surface area contributed by atoms with Gasteiger partial charge in [-0.25, -0.2) is 8.78 Å². The van der Waals surface area contributed by atoms with Crippen LogP contribution in [0.1, 0.15) is 53.1 Å². The van der Waals surface area contributed by atoms with Crippen LogP contribution in [0.2, 0.25) is 0 Å². The van der Waals surface area contributed by atoms with Crippen molar-refractivity contribution in [3.8, 4) is 0 Å². The highest BCUT2D eigenvalue weighted by Gasteiger charge is 2.41. The van der Waals surface area contributed by atoms with Gasteiger partial charge in [0.25, 0.3) is 16.0 Å². The van der Waals surface area contributed by atoms with E-state index in [1.165, 1.54) is 17.0 Å². The minimum Gasteiger partial charge on any atom is -0.322 e. The molecule has 2 aromatic carbocycles. The molecule has 0 aliphatic carbocycles. The van der Waals surface area contributed by atoms with Gasteiger partial charge in [0.2, 0.25) is 11.8 Å². The molecule has 2 aromatic rings. The zero-order valence-electron chi connectivity index (χ0n) is 19.2. The third-order valence-electron chi connectivity index (χ3n) is 6.55. The van der Waals surface area contributed by atoms with Crippen molar-refractivity contribution in [1.29, 1.82) is 0 Å². The van der Waals surface area contributed by atoms with Gasteiger partial charge < -0.3 is 10.2 Å². The number of nitrogens with zero attached hydrogens (tertiary/aromatic N) is 1. The second kappa shape index (κ2) is 10.4. The van der Waals surface area contributed by atoms with E-state index in [-0.39, 0.29) is 52.8 Å². The molecule has 0 radical (unpaired) electrons. The molecule has 2 fully saturated rings. The third kappa shape index (κ3) is 5.30. The molecule has 1 unspecified atom stereocenters. The third-order valence-corrected chi connectivity index (χ3v) is 7.42. The van der Waals surface area contributed by atoms with Crippen LogP contribution in [0, 0.1) is 11.6 Å². The van der Waals surface area contributed by atoms with Crippen LogP contribution in [0.4, 0.5) is 8.78 Å². The monoisotopic (exact) mass is 521 g/mol. The number of carbonyl (C=O) groups excluding carboxylic acids is 3. The highest BCUT2D eigenvalue weighted by molar-refractivity contribution is 7.85. The number of piperidine rings is 2. The zero-order valence-corrected chi connectivity index (χ0v) is 20.0. The van der Waals surface area contributed by atoms with Crippen LogP contribution in [0.15, 0.2) is 41.3 Å². The molecule has 9 nitrogen and oxygen atoms in total. The number of nitrogens with one attached hydrogen (secondary N) is 2. The minimum absolute atomic E-state index is 0.0256. The number of benzene rings is 2. The van der Waals surface area contributed by atoms with Gasteiger partial charge in [0.15, 0.2) is 0 Å². The number of imide groups is 1. The van der Waals surface area contributed by atoms with E-state index in [1.807, 2.05) is 0 Å². The molecule has 2 saturated heterocycles. The average molecular weight is 522 g/mol. The van der Waals surface area contributed by atoms with Crippen LogP contribution in [0.25, 0.3) is 0 Å². The Morgan fingerprint density at radius 2 is 1.67 bits per heavy atom. The summed E-state index contributed by atoms with van der Waals surface area (Å²) < 4.78 is 58.9. The summed E-state index contributed by atoms with van der Waals surface area (Å²) in [7, 11) is -4.00. The lowest BCUT2D eigenvalue weighted by Gasteiger charge is -2.29. The second-order valence-corrected chi connectivity index (χ2v) is 10.2. The van der Waals surface area contributed by atoms with Crippen molar-refractivity contribution in [1.82, 2.24) is 15.5 Å². The van der Waals surface area contributed by atoms with Gasteiger partial charge in [-0.3, -0.25) is 24.3 Å². The standard InChI is InChI=1S/C18H19F2N3O3.C6H6O3S/c19-12-7-10-11(16(20)15(12)9-3-5-21-6-4-9)8-23(18(10)26)13-1-2-14(24)22-17(13)25;7-10(8,9)6-4-2-1-3-5-6/h7,9,13,21H,1-6,8H2,(H,22,24,25);1-5H,(H,7,8,9). The van der Waals surface area contributed by atoms with Gasteiger partial charge in [-0.05, 0) is 56.5 Å². The van der Waals surface area contributed by atoms with Gasteiger partial charge in [-0.1, -0.05) is 18.2 Å². The van der Waals surface area contributed by atoms with Crippen molar-refractivity contribution in [3.05, 3.63) is 64.7 Å². The second-order valence-electron chi connectivity index (χ2n) is 8.82. The fraction of sp³-hybridized carbons (Fsp3) is 0.375. The summed E-state index contributed by atoms with van der Waals surface area (Å²) in [6.07, 6.45) is 1.58. The van der Waals surface area contributed by atoms with Crippen LogP contribution in [0.3, 0.4) is 0 Å². The molecule has 5 rings (SSSR count). The lowest BCUT2D eigenvalue weighted by molar-refractivity contribution is -0.136. The predicted molar refractivity (Wildman–Crippen MR) is 124 cm³/mol. The molecule has 192 valence electrons. The number of hydrogen-bond acceptors (Lipinski definition) is 6. The summed E-state index contributed by atoms with van der Waals surface area (Å²) in [5, 5.41) is 5.36. The van der Waals surface area contributed by atoms with E-state index in [9.17, 15) is 27.2 Å². The Labute approximate surface area is 206 Å². The summed E-state index contributed by atoms with van der Waals surface area (Å²) in [6, 6.07) is 7.69. The predicted octanol–water partition coefficient (Wildman–Crippen LogP) is 2.13. The van der Waals surface area contributed by atoms with Gasteiger partial charge >= 0.3 is 0 Å². The Balaban J connectivity index is 0.000000256. The van der Waals surface area contributed by atoms with Crippen molar-refractivity contribution >= 4 is 27.8 Å². The van der Waals surface area contributed by atoms with Gasteiger partial charge in [0.05, 0.1) is 17.0 Å². The van der Waals surface area contributed by atoms with E-state index >= 15 is 4.39 Å². The first kappa shape index (κ1) is 25.9. The van der Waals surface area contributed by atoms with Crippen molar-refractivity contribution in [2.75, 3.05) is 13.1 Å². The molecule has 0 spiro atoms. The van der Waals surface area contributed by atoms with Crippen molar-refractivity contribution in [3.63, 3.8) is 0 Å². The molecule has 36 heavy (non-hydrogen) atoms. The molecule has 3 aliphatic rings. The van der Waals surface area contributed by atoms with E-state index in [2.05, 4.69) is 10.6 Å². The molecule has 0 saturated carbocycles. The Kier molecular flexibility index (Phi) is 7.48. The van der Waals surface area contributed by atoms with Gasteiger partial charge in [0.1, 0.15) is 17.7 Å². The van der Waals surface area contributed by atoms with Crippen molar-refractivity contribution in [2.45, 2.75) is 49.1 Å². The molecule has 3 amide bonds. The summed E-state index contributed by atoms with van der Waals surface area (Å²) in [5.74, 6) is -3.12. The van der Waals surface area contributed by atoms with Crippen LogP contribution >= 0.6 is 0 Å². The Morgan fingerprint density at radius 1 is 1.00 bits per heavy atom. The smallest absolute Gasteiger partial charge is 0.294 e. The molecule has 3 aliphatic heterocycles. The Bertz CT molecular complexity index is 1300. The van der Waals surface area contributed by atoms with Crippen LogP contribution in [0.5, 0.6) is 0 Å². The Morgan fingerprint density at radius 3 is 2.25 bits per heavy atom. The zero-order chi connectivity index (χ0) is 26.0. The summed E-state index contributed by atoms with van der Waals surface area (Å²) in [4.78, 5) is 37.2. The largest absolute Gasteiger partial charge is 0.322 e. The molecule has 12 heteroatoms. The molecule has 3 N–H and O–H groups in total. The van der Waals surface area contributed by atoms with E-state index in [0.29, 0.717) is 25.9 Å². The van der Waals surface area contributed by atoms with Crippen molar-refractivity contribution in [2.24, 2.45) is 0 Å². The summed E-state index contributed by atoms with van der Waals surface area (Å²) in [6.45, 7) is 1.31. The highest BCUT2D eigenvalue weighted by atomic mass is 32.2. The number of rotatable bonds is 3. The van der Waals surface area contributed by atoms with Gasteiger partial charge in [-0.2, -0.15) is 8.42 Å². The van der Waals surface area contributed by atoms with Gasteiger partial charge in [0, 0.05) is 17.5 Å².